The van der Waals surface area contributed by atoms with Crippen LogP contribution in [0.4, 0.5) is 0 Å². The third-order valence-electron chi connectivity index (χ3n) is 2.66. The molecule has 1 radical (unpaired) electrons. The van der Waals surface area contributed by atoms with E-state index in [-0.39, 0.29) is 5.97 Å². The molecular formula is C14H11ClNO2. The highest BCUT2D eigenvalue weighted by atomic mass is 35.5. The van der Waals surface area contributed by atoms with Gasteiger partial charge in [-0.2, -0.15) is 0 Å². The Labute approximate surface area is 110 Å². The van der Waals surface area contributed by atoms with E-state index in [1.54, 1.807) is 30.5 Å². The van der Waals surface area contributed by atoms with Gasteiger partial charge >= 0.3 is 5.97 Å². The van der Waals surface area contributed by atoms with Crippen molar-refractivity contribution in [1.82, 2.24) is 4.98 Å². The number of benzene rings is 1. The third kappa shape index (κ3) is 2.22. The van der Waals surface area contributed by atoms with Gasteiger partial charge in [0.2, 0.25) is 0 Å². The number of ether oxygens (including phenoxy) is 1. The summed E-state index contributed by atoms with van der Waals surface area (Å²) in [5, 5.41) is 0.537. The molecule has 0 amide bonds. The van der Waals surface area contributed by atoms with Crippen LogP contribution < -0.4 is 0 Å². The average Bonchev–Trinajstić information content (AvgIpc) is 2.39. The highest BCUT2D eigenvalue weighted by Gasteiger charge is 2.16. The summed E-state index contributed by atoms with van der Waals surface area (Å²) < 4.78 is 4.74. The second-order valence-electron chi connectivity index (χ2n) is 3.72. The smallest absolute Gasteiger partial charge is 0.338 e. The summed E-state index contributed by atoms with van der Waals surface area (Å²) >= 11 is 6.17. The zero-order chi connectivity index (χ0) is 13.1. The normalized spacial score (nSPS) is 10.2. The molecule has 0 aliphatic rings. The molecule has 0 N–H and O–H groups in total. The summed E-state index contributed by atoms with van der Waals surface area (Å²) in [6, 6.07) is 9.84. The van der Waals surface area contributed by atoms with Crippen molar-refractivity contribution in [2.75, 3.05) is 7.11 Å². The fraction of sp³-hybridized carbons (Fsp3) is 0.143. The molecule has 0 fully saturated rings. The molecule has 0 aliphatic heterocycles. The van der Waals surface area contributed by atoms with Crippen LogP contribution in [0.25, 0.3) is 11.3 Å². The van der Waals surface area contributed by atoms with Crippen molar-refractivity contribution in [3.63, 3.8) is 0 Å². The molecule has 18 heavy (non-hydrogen) atoms. The van der Waals surface area contributed by atoms with Crippen LogP contribution in [0.1, 0.15) is 15.9 Å². The van der Waals surface area contributed by atoms with E-state index in [0.717, 1.165) is 5.56 Å². The molecule has 4 heteroatoms. The maximum absolute atomic E-state index is 11.6. The number of carbonyl (C=O) groups excluding carboxylic acids is 1. The Morgan fingerprint density at radius 3 is 2.83 bits per heavy atom. The van der Waals surface area contributed by atoms with E-state index in [9.17, 15) is 4.79 Å². The van der Waals surface area contributed by atoms with Crippen LogP contribution >= 0.6 is 11.6 Å². The Kier molecular flexibility index (Phi) is 3.63. The van der Waals surface area contributed by atoms with Gasteiger partial charge in [-0.3, -0.25) is 4.98 Å². The average molecular weight is 261 g/mol. The van der Waals surface area contributed by atoms with Crippen LogP contribution in [0.2, 0.25) is 5.02 Å². The van der Waals surface area contributed by atoms with E-state index in [1.807, 2.05) is 6.92 Å². The van der Waals surface area contributed by atoms with Crippen LogP contribution in [-0.2, 0) is 4.74 Å². The predicted octanol–water partition coefficient (Wildman–Crippen LogP) is 3.30. The first-order valence-corrected chi connectivity index (χ1v) is 5.73. The zero-order valence-electron chi connectivity index (χ0n) is 10.0. The molecule has 0 spiro atoms. The molecule has 1 aromatic carbocycles. The summed E-state index contributed by atoms with van der Waals surface area (Å²) in [5.41, 5.74) is 2.55. The van der Waals surface area contributed by atoms with Crippen molar-refractivity contribution in [3.8, 4) is 11.3 Å². The second kappa shape index (κ2) is 5.19. The lowest BCUT2D eigenvalue weighted by molar-refractivity contribution is 0.0600. The second-order valence-corrected chi connectivity index (χ2v) is 4.12. The standard InChI is InChI=1S/C14H11ClNO2/c1-9-10(14(17)18-2)6-7-11(15)13(9)12-5-3-4-8-16-12/h3-4,6-8H,1-2H3. The Bertz CT molecular complexity index is 582. The van der Waals surface area contributed by atoms with Crippen molar-refractivity contribution < 1.29 is 9.53 Å². The van der Waals surface area contributed by atoms with E-state index in [0.29, 0.717) is 21.8 Å². The van der Waals surface area contributed by atoms with Gasteiger partial charge in [-0.25, -0.2) is 4.79 Å². The van der Waals surface area contributed by atoms with Crippen LogP contribution in [0, 0.1) is 13.0 Å². The van der Waals surface area contributed by atoms with Crippen molar-refractivity contribution >= 4 is 17.6 Å². The van der Waals surface area contributed by atoms with Gasteiger partial charge in [0.25, 0.3) is 0 Å². The molecule has 2 aromatic rings. The lowest BCUT2D eigenvalue weighted by Gasteiger charge is -2.11. The first-order chi connectivity index (χ1) is 8.65. The number of carbonyl (C=O) groups is 1. The van der Waals surface area contributed by atoms with Gasteiger partial charge in [-0.1, -0.05) is 17.7 Å². The molecule has 0 unspecified atom stereocenters. The number of pyridine rings is 1. The monoisotopic (exact) mass is 260 g/mol. The van der Waals surface area contributed by atoms with E-state index in [1.165, 1.54) is 7.11 Å². The maximum atomic E-state index is 11.6. The lowest BCUT2D eigenvalue weighted by Crippen LogP contribution is -2.05. The number of aromatic nitrogens is 1. The molecule has 0 bridgehead atoms. The fourth-order valence-corrected chi connectivity index (χ4v) is 2.06. The summed E-state index contributed by atoms with van der Waals surface area (Å²) in [5.74, 6) is -0.388. The number of nitrogens with zero attached hydrogens (tertiary/aromatic N) is 1. The summed E-state index contributed by atoms with van der Waals surface area (Å²) in [4.78, 5) is 15.8. The molecule has 91 valence electrons. The van der Waals surface area contributed by atoms with E-state index in [4.69, 9.17) is 16.3 Å². The zero-order valence-corrected chi connectivity index (χ0v) is 10.8. The number of rotatable bonds is 2. The molecule has 0 atom stereocenters. The van der Waals surface area contributed by atoms with Gasteiger partial charge in [-0.15, -0.1) is 0 Å². The number of hydrogen-bond donors (Lipinski definition) is 0. The van der Waals surface area contributed by atoms with E-state index >= 15 is 0 Å². The van der Waals surface area contributed by atoms with E-state index < -0.39 is 0 Å². The maximum Gasteiger partial charge on any atom is 0.338 e. The number of hydrogen-bond acceptors (Lipinski definition) is 3. The van der Waals surface area contributed by atoms with E-state index in [2.05, 4.69) is 11.1 Å². The number of halogens is 1. The van der Waals surface area contributed by atoms with Gasteiger partial charge < -0.3 is 4.74 Å². The highest BCUT2D eigenvalue weighted by molar-refractivity contribution is 6.33. The molecule has 0 saturated heterocycles. The molecule has 3 nitrogen and oxygen atoms in total. The first-order valence-electron chi connectivity index (χ1n) is 5.35. The summed E-state index contributed by atoms with van der Waals surface area (Å²) in [6.07, 6.45) is 1.66. The fourth-order valence-electron chi connectivity index (χ4n) is 1.76. The van der Waals surface area contributed by atoms with Crippen molar-refractivity contribution in [1.29, 1.82) is 0 Å². The van der Waals surface area contributed by atoms with Crippen molar-refractivity contribution in [3.05, 3.63) is 52.7 Å². The van der Waals surface area contributed by atoms with Crippen molar-refractivity contribution in [2.45, 2.75) is 6.92 Å². The Balaban J connectivity index is 2.64. The van der Waals surface area contributed by atoms with Crippen LogP contribution in [-0.4, -0.2) is 18.1 Å². The SMILES string of the molecule is COC(=O)c1ccc(Cl)c(-c2[c]cccn2)c1C. The van der Waals surface area contributed by atoms with Gasteiger partial charge in [0.05, 0.1) is 23.4 Å². The topological polar surface area (TPSA) is 39.2 Å². The largest absolute Gasteiger partial charge is 0.465 e. The lowest BCUT2D eigenvalue weighted by atomic mass is 9.99. The summed E-state index contributed by atoms with van der Waals surface area (Å²) in [7, 11) is 1.35. The van der Waals surface area contributed by atoms with Crippen molar-refractivity contribution in [2.24, 2.45) is 0 Å². The summed E-state index contributed by atoms with van der Waals surface area (Å²) in [6.45, 7) is 1.82. The Hall–Kier alpha value is -1.87. The van der Waals surface area contributed by atoms with Crippen LogP contribution in [0.3, 0.4) is 0 Å². The minimum atomic E-state index is -0.388. The molecule has 0 saturated carbocycles. The Morgan fingerprint density at radius 1 is 1.44 bits per heavy atom. The molecular weight excluding hydrogens is 250 g/mol. The van der Waals surface area contributed by atoms with Gasteiger partial charge in [0.1, 0.15) is 0 Å². The minimum Gasteiger partial charge on any atom is -0.465 e. The van der Waals surface area contributed by atoms with Crippen LogP contribution in [0.15, 0.2) is 30.5 Å². The predicted molar refractivity (Wildman–Crippen MR) is 69.6 cm³/mol. The molecule has 2 rings (SSSR count). The Morgan fingerprint density at radius 2 is 2.22 bits per heavy atom. The van der Waals surface area contributed by atoms with Crippen LogP contribution in [0.5, 0.6) is 0 Å². The molecule has 0 aliphatic carbocycles. The highest BCUT2D eigenvalue weighted by Crippen LogP contribution is 2.31. The van der Waals surface area contributed by atoms with Gasteiger partial charge in [0.15, 0.2) is 0 Å². The van der Waals surface area contributed by atoms with Gasteiger partial charge in [-0.05, 0) is 30.7 Å². The number of methoxy groups -OCH3 is 1. The quantitative estimate of drug-likeness (QED) is 0.778. The minimum absolute atomic E-state index is 0.388. The van der Waals surface area contributed by atoms with Gasteiger partial charge in [0, 0.05) is 17.8 Å². The third-order valence-corrected chi connectivity index (χ3v) is 2.98. The first kappa shape index (κ1) is 12.6. The molecule has 1 heterocycles. The molecule has 1 aromatic heterocycles. The number of esters is 1.